The largest absolute Gasteiger partial charge is 0.340 e. The minimum Gasteiger partial charge on any atom is -0.340 e. The third-order valence-corrected chi connectivity index (χ3v) is 4.98. The van der Waals surface area contributed by atoms with E-state index in [2.05, 4.69) is 31.2 Å². The molecule has 0 aromatic heterocycles. The maximum absolute atomic E-state index is 13.1. The molecule has 3 rings (SSSR count). The van der Waals surface area contributed by atoms with Gasteiger partial charge in [-0.15, -0.1) is 12.4 Å². The summed E-state index contributed by atoms with van der Waals surface area (Å²) >= 11 is 0. The van der Waals surface area contributed by atoms with Gasteiger partial charge in [0.2, 0.25) is 5.91 Å². The summed E-state index contributed by atoms with van der Waals surface area (Å²) in [6, 6.07) is 20.4. The van der Waals surface area contributed by atoms with Crippen LogP contribution in [0.4, 0.5) is 0 Å². The van der Waals surface area contributed by atoms with E-state index < -0.39 is 0 Å². The van der Waals surface area contributed by atoms with Gasteiger partial charge in [0.1, 0.15) is 0 Å². The first-order chi connectivity index (χ1) is 11.7. The van der Waals surface area contributed by atoms with Crippen LogP contribution in [-0.4, -0.2) is 29.9 Å². The molecule has 2 aromatic rings. The fraction of sp³-hybridized carbons (Fsp3) is 0.381. The van der Waals surface area contributed by atoms with Gasteiger partial charge in [-0.1, -0.05) is 74.0 Å². The van der Waals surface area contributed by atoms with Gasteiger partial charge in [-0.3, -0.25) is 4.79 Å². The Morgan fingerprint density at radius 1 is 1.08 bits per heavy atom. The molecule has 1 aliphatic heterocycles. The van der Waals surface area contributed by atoms with Crippen LogP contribution in [0.15, 0.2) is 60.7 Å². The first-order valence-electron chi connectivity index (χ1n) is 8.85. The molecule has 1 saturated heterocycles. The molecule has 1 unspecified atom stereocenters. The van der Waals surface area contributed by atoms with Crippen LogP contribution >= 0.6 is 12.4 Å². The lowest BCUT2D eigenvalue weighted by molar-refractivity contribution is -0.132. The number of nitrogens with two attached hydrogens (primary N) is 1. The Morgan fingerprint density at radius 3 is 2.28 bits per heavy atom. The second-order valence-corrected chi connectivity index (χ2v) is 6.68. The Morgan fingerprint density at radius 2 is 1.68 bits per heavy atom. The number of rotatable bonds is 5. The Labute approximate surface area is 156 Å². The van der Waals surface area contributed by atoms with Gasteiger partial charge in [-0.25, -0.2) is 0 Å². The number of nitrogens with zero attached hydrogens (tertiary/aromatic N) is 1. The lowest BCUT2D eigenvalue weighted by atomic mass is 9.93. The molecule has 1 amide bonds. The van der Waals surface area contributed by atoms with E-state index in [-0.39, 0.29) is 36.2 Å². The summed E-state index contributed by atoms with van der Waals surface area (Å²) in [6.45, 7) is 3.49. The second kappa shape index (κ2) is 9.02. The van der Waals surface area contributed by atoms with Gasteiger partial charge in [-0.05, 0) is 17.5 Å². The average Bonchev–Trinajstić information content (AvgIpc) is 3.02. The van der Waals surface area contributed by atoms with E-state index in [1.807, 2.05) is 41.3 Å². The molecule has 3 atom stereocenters. The molecule has 0 bridgehead atoms. The monoisotopic (exact) mass is 358 g/mol. The molecule has 25 heavy (non-hydrogen) atoms. The van der Waals surface area contributed by atoms with Gasteiger partial charge in [-0.2, -0.15) is 0 Å². The predicted molar refractivity (Wildman–Crippen MR) is 105 cm³/mol. The highest BCUT2D eigenvalue weighted by Gasteiger charge is 2.36. The molecule has 0 radical (unpaired) electrons. The third kappa shape index (κ3) is 4.42. The van der Waals surface area contributed by atoms with Gasteiger partial charge in [0.05, 0.1) is 5.92 Å². The second-order valence-electron chi connectivity index (χ2n) is 6.68. The molecule has 3 nitrogen and oxygen atoms in total. The number of carbonyl (C=O) groups is 1. The molecular formula is C21H27ClN2O. The van der Waals surface area contributed by atoms with Crippen LogP contribution in [0.3, 0.4) is 0 Å². The Bertz CT molecular complexity index is 662. The van der Waals surface area contributed by atoms with Crippen molar-refractivity contribution in [3.63, 3.8) is 0 Å². The van der Waals surface area contributed by atoms with E-state index in [0.29, 0.717) is 6.54 Å². The van der Waals surface area contributed by atoms with Gasteiger partial charge in [0, 0.05) is 25.0 Å². The zero-order chi connectivity index (χ0) is 16.9. The number of hydrogen-bond donors (Lipinski definition) is 1. The minimum absolute atomic E-state index is 0. The van der Waals surface area contributed by atoms with Crippen molar-refractivity contribution in [2.24, 2.45) is 5.73 Å². The maximum atomic E-state index is 13.1. The Balaban J connectivity index is 0.00000225. The van der Waals surface area contributed by atoms with Crippen molar-refractivity contribution in [1.82, 2.24) is 4.90 Å². The molecule has 0 aliphatic carbocycles. The minimum atomic E-state index is -0.0575. The predicted octanol–water partition coefficient (Wildman–Crippen LogP) is 3.95. The van der Waals surface area contributed by atoms with Crippen molar-refractivity contribution < 1.29 is 4.79 Å². The third-order valence-electron chi connectivity index (χ3n) is 4.98. The topological polar surface area (TPSA) is 46.3 Å². The maximum Gasteiger partial charge on any atom is 0.230 e. The molecule has 0 saturated carbocycles. The standard InChI is InChI=1S/C21H26N2O.ClH/c1-2-9-18(16-10-5-3-6-11-16)21(24)23-14-19(20(22)15-23)17-12-7-4-8-13-17;/h3-8,10-13,18-20H,2,9,14-15,22H2,1H3;1H/t18?,19-,20+;/m0./s1. The molecule has 0 spiro atoms. The van der Waals surface area contributed by atoms with Crippen LogP contribution in [0.25, 0.3) is 0 Å². The summed E-state index contributed by atoms with van der Waals surface area (Å²) in [7, 11) is 0. The van der Waals surface area contributed by atoms with E-state index >= 15 is 0 Å². The quantitative estimate of drug-likeness (QED) is 0.879. The zero-order valence-electron chi connectivity index (χ0n) is 14.7. The normalized spacial score (nSPS) is 20.8. The highest BCUT2D eigenvalue weighted by Crippen LogP contribution is 2.30. The Hall–Kier alpha value is -1.84. The van der Waals surface area contributed by atoms with Crippen molar-refractivity contribution in [2.75, 3.05) is 13.1 Å². The summed E-state index contributed by atoms with van der Waals surface area (Å²) in [5.74, 6) is 0.392. The molecule has 134 valence electrons. The van der Waals surface area contributed by atoms with E-state index in [0.717, 1.165) is 24.9 Å². The molecule has 1 aliphatic rings. The Kier molecular flexibility index (Phi) is 7.03. The average molecular weight is 359 g/mol. The van der Waals surface area contributed by atoms with Crippen LogP contribution in [0, 0.1) is 0 Å². The lowest BCUT2D eigenvalue weighted by Gasteiger charge is -2.23. The van der Waals surface area contributed by atoms with Gasteiger partial charge in [0.15, 0.2) is 0 Å². The molecule has 4 heteroatoms. The summed E-state index contributed by atoms with van der Waals surface area (Å²) in [6.07, 6.45) is 1.87. The summed E-state index contributed by atoms with van der Waals surface area (Å²) in [5.41, 5.74) is 8.70. The van der Waals surface area contributed by atoms with E-state index in [1.165, 1.54) is 5.56 Å². The fourth-order valence-electron chi connectivity index (χ4n) is 3.69. The summed E-state index contributed by atoms with van der Waals surface area (Å²) in [4.78, 5) is 15.1. The molecule has 2 aromatic carbocycles. The van der Waals surface area contributed by atoms with Crippen molar-refractivity contribution in [3.05, 3.63) is 71.8 Å². The van der Waals surface area contributed by atoms with E-state index in [1.54, 1.807) is 0 Å². The van der Waals surface area contributed by atoms with Crippen molar-refractivity contribution in [3.8, 4) is 0 Å². The zero-order valence-corrected chi connectivity index (χ0v) is 15.5. The van der Waals surface area contributed by atoms with Crippen LogP contribution < -0.4 is 5.73 Å². The molecule has 1 fully saturated rings. The van der Waals surface area contributed by atoms with E-state index in [9.17, 15) is 4.79 Å². The van der Waals surface area contributed by atoms with Gasteiger partial charge >= 0.3 is 0 Å². The SMILES string of the molecule is CCCC(C(=O)N1C[C@@H](N)[C@H](c2ccccc2)C1)c1ccccc1.Cl. The lowest BCUT2D eigenvalue weighted by Crippen LogP contribution is -2.35. The first kappa shape index (κ1) is 19.5. The smallest absolute Gasteiger partial charge is 0.230 e. The number of likely N-dealkylation sites (tertiary alicyclic amines) is 1. The number of halogens is 1. The van der Waals surface area contributed by atoms with Gasteiger partial charge < -0.3 is 10.6 Å². The number of carbonyl (C=O) groups excluding carboxylic acids is 1. The first-order valence-corrected chi connectivity index (χ1v) is 8.85. The molecular weight excluding hydrogens is 332 g/mol. The summed E-state index contributed by atoms with van der Waals surface area (Å²) < 4.78 is 0. The fourth-order valence-corrected chi connectivity index (χ4v) is 3.69. The van der Waals surface area contributed by atoms with Gasteiger partial charge in [0.25, 0.3) is 0 Å². The van der Waals surface area contributed by atoms with Crippen LogP contribution in [0.2, 0.25) is 0 Å². The van der Waals surface area contributed by atoms with Crippen LogP contribution in [0.5, 0.6) is 0 Å². The highest BCUT2D eigenvalue weighted by atomic mass is 35.5. The van der Waals surface area contributed by atoms with E-state index in [4.69, 9.17) is 5.73 Å². The molecule has 1 heterocycles. The highest BCUT2D eigenvalue weighted by molar-refractivity contribution is 5.85. The number of amides is 1. The number of benzene rings is 2. The number of hydrogen-bond acceptors (Lipinski definition) is 2. The van der Waals surface area contributed by atoms with Crippen LogP contribution in [-0.2, 0) is 4.79 Å². The van der Waals surface area contributed by atoms with Crippen molar-refractivity contribution in [2.45, 2.75) is 37.6 Å². The molecule has 2 N–H and O–H groups in total. The van der Waals surface area contributed by atoms with Crippen molar-refractivity contribution >= 4 is 18.3 Å². The van der Waals surface area contributed by atoms with Crippen molar-refractivity contribution in [1.29, 1.82) is 0 Å². The summed E-state index contributed by atoms with van der Waals surface area (Å²) in [5, 5.41) is 0. The van der Waals surface area contributed by atoms with Crippen LogP contribution in [0.1, 0.15) is 42.7 Å².